The molecule has 2 aliphatic heterocycles. The van der Waals surface area contributed by atoms with Gasteiger partial charge in [0.1, 0.15) is 30.3 Å². The van der Waals surface area contributed by atoms with E-state index < -0.39 is 70.9 Å². The first-order valence-electron chi connectivity index (χ1n) is 30.1. The lowest BCUT2D eigenvalue weighted by Gasteiger charge is -2.44. The van der Waals surface area contributed by atoms with Crippen LogP contribution in [0, 0.1) is 23.5 Å². The number of halogens is 2. The normalized spacial score (nSPS) is 17.0. The van der Waals surface area contributed by atoms with Crippen molar-refractivity contribution in [1.29, 1.82) is 0 Å². The molecule has 6 atom stereocenters. The van der Waals surface area contributed by atoms with Crippen LogP contribution in [0.3, 0.4) is 0 Å². The second-order valence-corrected chi connectivity index (χ2v) is 22.4. The van der Waals surface area contributed by atoms with Crippen LogP contribution in [0.2, 0.25) is 0 Å². The Kier molecular flexibility index (Phi) is 26.2. The highest BCUT2D eigenvalue weighted by Gasteiger charge is 2.45. The first-order valence-corrected chi connectivity index (χ1v) is 30.1. The number of piperidine rings is 2. The zero-order valence-corrected chi connectivity index (χ0v) is 50.4. The summed E-state index contributed by atoms with van der Waals surface area (Å²) in [6.45, 7) is 6.10. The van der Waals surface area contributed by atoms with Crippen LogP contribution in [0.1, 0.15) is 119 Å². The van der Waals surface area contributed by atoms with Crippen LogP contribution < -0.4 is 22.1 Å². The molecular formula is C67H86F2N6O12. The van der Waals surface area contributed by atoms with E-state index in [1.165, 1.54) is 26.4 Å². The molecule has 0 radical (unpaired) electrons. The van der Waals surface area contributed by atoms with Crippen LogP contribution in [0.25, 0.3) is 22.3 Å². The number of nitrogens with zero attached hydrogens (tertiary/aromatic N) is 2. The number of carboxylic acid groups (broad SMARTS) is 1. The number of likely N-dealkylation sites (tertiary alicyclic amines) is 2. The Morgan fingerprint density at radius 2 is 1.03 bits per heavy atom. The number of hydrogen-bond donors (Lipinski definition) is 7. The summed E-state index contributed by atoms with van der Waals surface area (Å²) in [5.74, 6) is -3.88. The molecule has 0 bridgehead atoms. The van der Waals surface area contributed by atoms with Crippen LogP contribution in [-0.2, 0) is 64.0 Å². The number of rotatable bonds is 26. The number of ether oxygens (including phenoxy) is 3. The molecule has 2 saturated heterocycles. The molecule has 2 aliphatic rings. The molecule has 20 heteroatoms. The Morgan fingerprint density at radius 1 is 0.609 bits per heavy atom. The lowest BCUT2D eigenvalue weighted by Crippen LogP contribution is -2.49. The number of aliphatic carboxylic acids is 1. The molecule has 18 nitrogen and oxygen atoms in total. The number of alkyl carbamates (subject to hydrolysis) is 2. The molecule has 5 aromatic rings. The van der Waals surface area contributed by atoms with E-state index in [0.29, 0.717) is 85.0 Å². The van der Waals surface area contributed by atoms with Gasteiger partial charge in [-0.3, -0.25) is 19.2 Å². The van der Waals surface area contributed by atoms with Gasteiger partial charge in [-0.05, 0) is 128 Å². The molecule has 4 amide bonds. The standard InChI is InChI=1S/C37H46FN3O6.C30H40FN3O6/c1-3-26-13-7-14-28(23-26)34-30(16-8-17-31(34)38)37(45,20-10-21-40-36(44)46-2)29-15-9-22-41(24-29)33(42)19-18-32(39)35(43)47-25-27-11-5-4-6-12-27;1-3-20-8-4-9-21(18-20)27-23(11-5-12-24(27)31)30(39,15-7-16-33-29(38)40-2)22-10-6-17-34(19-22)26(35)14-13-25(32)28(36)37/h4-8,11-14,16-17,23,29,32,45H,3,9-10,15,18-22,24-25,39H2,1-2H3,(H,40,44);4-5,8-9,11-12,18,22,25,39H,3,6-7,10,13-17,19,32H2,1-2H3,(H,33,38)(H,36,37)/t29-,32+,37?;22-,25+,30?/m11/s1. The van der Waals surface area contributed by atoms with E-state index >= 15 is 8.78 Å². The third-order valence-electron chi connectivity index (χ3n) is 16.7. The predicted molar refractivity (Wildman–Crippen MR) is 326 cm³/mol. The lowest BCUT2D eigenvalue weighted by atomic mass is 9.72. The van der Waals surface area contributed by atoms with Crippen LogP contribution >= 0.6 is 0 Å². The number of hydrogen-bond acceptors (Lipinski definition) is 13. The quantitative estimate of drug-likeness (QED) is 0.0154. The maximum Gasteiger partial charge on any atom is 0.406 e. The average molecular weight is 1210 g/mol. The van der Waals surface area contributed by atoms with Crippen molar-refractivity contribution in [3.05, 3.63) is 155 Å². The lowest BCUT2D eigenvalue weighted by molar-refractivity contribution is -0.147. The number of esters is 1. The molecule has 2 fully saturated rings. The molecule has 0 saturated carbocycles. The third kappa shape index (κ3) is 18.9. The molecule has 9 N–H and O–H groups in total. The Bertz CT molecular complexity index is 3100. The number of aliphatic hydroxyl groups is 2. The topological polar surface area (TPSA) is 273 Å². The van der Waals surface area contributed by atoms with Gasteiger partial charge in [-0.25, -0.2) is 18.4 Å². The highest BCUT2D eigenvalue weighted by molar-refractivity contribution is 5.80. The van der Waals surface area contributed by atoms with E-state index in [4.69, 9.17) is 21.3 Å². The van der Waals surface area contributed by atoms with Crippen molar-refractivity contribution >= 4 is 35.9 Å². The fourth-order valence-electron chi connectivity index (χ4n) is 11.7. The van der Waals surface area contributed by atoms with Crippen molar-refractivity contribution < 1.29 is 67.1 Å². The number of nitrogens with one attached hydrogen (secondary N) is 2. The molecule has 2 heterocycles. The minimum Gasteiger partial charge on any atom is -0.480 e. The van der Waals surface area contributed by atoms with Gasteiger partial charge in [-0.2, -0.15) is 0 Å². The number of benzene rings is 5. The highest BCUT2D eigenvalue weighted by Crippen LogP contribution is 2.46. The van der Waals surface area contributed by atoms with Crippen molar-refractivity contribution in [2.24, 2.45) is 23.3 Å². The molecule has 2 unspecified atom stereocenters. The number of carboxylic acids is 1. The van der Waals surface area contributed by atoms with Gasteiger partial charge >= 0.3 is 24.1 Å². The van der Waals surface area contributed by atoms with Crippen LogP contribution in [0.4, 0.5) is 18.4 Å². The van der Waals surface area contributed by atoms with Gasteiger partial charge in [0.2, 0.25) is 11.8 Å². The summed E-state index contributed by atoms with van der Waals surface area (Å²) in [6, 6.07) is 31.8. The zero-order valence-electron chi connectivity index (χ0n) is 50.4. The van der Waals surface area contributed by atoms with Crippen molar-refractivity contribution in [1.82, 2.24) is 20.4 Å². The van der Waals surface area contributed by atoms with Gasteiger partial charge in [0.25, 0.3) is 0 Å². The molecule has 87 heavy (non-hydrogen) atoms. The summed E-state index contributed by atoms with van der Waals surface area (Å²) < 4.78 is 45.9. The molecule has 5 aromatic carbocycles. The average Bonchev–Trinajstić information content (AvgIpc) is 1.07. The molecule has 0 aliphatic carbocycles. The summed E-state index contributed by atoms with van der Waals surface area (Å²) in [5.41, 5.74) is 14.4. The summed E-state index contributed by atoms with van der Waals surface area (Å²) >= 11 is 0. The van der Waals surface area contributed by atoms with E-state index in [1.54, 1.807) is 34.1 Å². The first kappa shape index (κ1) is 68.3. The fraction of sp³-hybridized carbons (Fsp3) is 0.463. The van der Waals surface area contributed by atoms with Crippen LogP contribution in [-0.4, -0.2) is 127 Å². The Hall–Kier alpha value is -7.78. The van der Waals surface area contributed by atoms with Gasteiger partial charge in [-0.1, -0.05) is 117 Å². The molecule has 0 spiro atoms. The van der Waals surface area contributed by atoms with E-state index in [9.17, 15) is 39.0 Å². The minimum absolute atomic E-state index is 0.0145. The molecule has 0 aromatic heterocycles. The zero-order chi connectivity index (χ0) is 63.1. The number of aryl methyl sites for hydroxylation is 2. The van der Waals surface area contributed by atoms with E-state index in [1.807, 2.05) is 92.7 Å². The predicted octanol–water partition coefficient (Wildman–Crippen LogP) is 9.28. The van der Waals surface area contributed by atoms with Crippen molar-refractivity contribution in [2.45, 2.75) is 134 Å². The fourth-order valence-corrected chi connectivity index (χ4v) is 11.7. The van der Waals surface area contributed by atoms with E-state index in [-0.39, 0.29) is 83.1 Å². The molecule has 470 valence electrons. The monoisotopic (exact) mass is 1200 g/mol. The molecule has 7 rings (SSSR count). The maximum absolute atomic E-state index is 15.7. The van der Waals surface area contributed by atoms with Gasteiger partial charge in [0.15, 0.2) is 0 Å². The SMILES string of the molecule is CCc1cccc(-c2c(F)cccc2C(O)(CCCNC(=O)OC)[C@@H]2CCCN(C(=O)CC[C@H](N)C(=O)O)C2)c1.CCc1cccc(-c2c(F)cccc2C(O)(CCCNC(=O)OC)[C@@H]2CCCN(C(=O)CC[C@H](N)C(=O)OCc3ccccc3)C2)c1. The summed E-state index contributed by atoms with van der Waals surface area (Å²) in [4.78, 5) is 76.6. The number of nitrogens with two attached hydrogens (primary N) is 2. The molecular weight excluding hydrogens is 1120 g/mol. The third-order valence-corrected chi connectivity index (χ3v) is 16.7. The second kappa shape index (κ2) is 33.4. The minimum atomic E-state index is -1.52. The van der Waals surface area contributed by atoms with Crippen molar-refractivity contribution in [3.63, 3.8) is 0 Å². The van der Waals surface area contributed by atoms with Crippen LogP contribution in [0.15, 0.2) is 115 Å². The van der Waals surface area contributed by atoms with Crippen molar-refractivity contribution in [2.75, 3.05) is 53.5 Å². The Balaban J connectivity index is 0.000000282. The maximum atomic E-state index is 15.7. The van der Waals surface area contributed by atoms with Gasteiger partial charge in [0, 0.05) is 75.1 Å². The largest absolute Gasteiger partial charge is 0.480 e. The second-order valence-electron chi connectivity index (χ2n) is 22.4. The summed E-state index contributed by atoms with van der Waals surface area (Å²) in [6.07, 6.45) is 4.22. The van der Waals surface area contributed by atoms with Crippen molar-refractivity contribution in [3.8, 4) is 22.3 Å². The number of methoxy groups -OCH3 is 2. The van der Waals surface area contributed by atoms with Crippen LogP contribution in [0.5, 0.6) is 0 Å². The van der Waals surface area contributed by atoms with Gasteiger partial charge in [-0.15, -0.1) is 0 Å². The Labute approximate surface area is 508 Å². The summed E-state index contributed by atoms with van der Waals surface area (Å²) in [7, 11) is 2.55. The summed E-state index contributed by atoms with van der Waals surface area (Å²) in [5, 5.41) is 39.4. The highest BCUT2D eigenvalue weighted by atomic mass is 19.1. The number of amides is 4. The Morgan fingerprint density at radius 3 is 1.46 bits per heavy atom. The van der Waals surface area contributed by atoms with E-state index in [2.05, 4.69) is 20.1 Å². The number of carbonyl (C=O) groups is 6. The van der Waals surface area contributed by atoms with Gasteiger partial charge in [0.05, 0.1) is 25.4 Å². The van der Waals surface area contributed by atoms with E-state index in [0.717, 1.165) is 29.5 Å². The first-order chi connectivity index (χ1) is 41.8. The smallest absolute Gasteiger partial charge is 0.406 e. The van der Waals surface area contributed by atoms with Gasteiger partial charge < -0.3 is 61.4 Å². The number of carbonyl (C=O) groups excluding carboxylic acids is 5.